The van der Waals surface area contributed by atoms with Crippen LogP contribution in [0.3, 0.4) is 0 Å². The minimum atomic E-state index is 0.827. The molecule has 3 rings (SSSR count). The first-order valence-corrected chi connectivity index (χ1v) is 6.51. The molecule has 0 bridgehead atoms. The van der Waals surface area contributed by atoms with Gasteiger partial charge in [0.2, 0.25) is 0 Å². The van der Waals surface area contributed by atoms with Gasteiger partial charge in [-0.05, 0) is 37.3 Å². The summed E-state index contributed by atoms with van der Waals surface area (Å²) < 4.78 is 0. The molecule has 1 heteroatoms. The summed E-state index contributed by atoms with van der Waals surface area (Å²) in [4.78, 5) is 1.16. The molecule has 1 fully saturated rings. The van der Waals surface area contributed by atoms with Crippen LogP contribution >= 0.6 is 12.6 Å². The van der Waals surface area contributed by atoms with Crippen molar-refractivity contribution in [2.24, 2.45) is 0 Å². The van der Waals surface area contributed by atoms with Gasteiger partial charge in [-0.1, -0.05) is 54.1 Å². The van der Waals surface area contributed by atoms with Crippen LogP contribution in [0.25, 0.3) is 0 Å². The van der Waals surface area contributed by atoms with E-state index in [1.54, 1.807) is 0 Å². The van der Waals surface area contributed by atoms with Crippen LogP contribution in [0.5, 0.6) is 0 Å². The van der Waals surface area contributed by atoms with Gasteiger partial charge in [0, 0.05) is 4.90 Å². The second kappa shape index (κ2) is 5.92. The van der Waals surface area contributed by atoms with Gasteiger partial charge < -0.3 is 0 Å². The lowest BCUT2D eigenvalue weighted by Crippen LogP contribution is -1.79. The molecule has 1 aliphatic carbocycles. The lowest BCUT2D eigenvalue weighted by atomic mass is 10.1. The van der Waals surface area contributed by atoms with Gasteiger partial charge in [-0.3, -0.25) is 0 Å². The Bertz CT molecular complexity index is 458. The first kappa shape index (κ1) is 12.3. The summed E-state index contributed by atoms with van der Waals surface area (Å²) >= 11 is 4.38. The Labute approximate surface area is 109 Å². The zero-order chi connectivity index (χ0) is 12.1. The summed E-state index contributed by atoms with van der Waals surface area (Å²) in [7, 11) is 0. The lowest BCUT2D eigenvalue weighted by Gasteiger charge is -1.99. The Kier molecular flexibility index (Phi) is 4.27. The second-order valence-electron chi connectivity index (χ2n) is 4.49. The van der Waals surface area contributed by atoms with E-state index in [4.69, 9.17) is 0 Å². The van der Waals surface area contributed by atoms with Gasteiger partial charge in [-0.2, -0.15) is 0 Å². The molecule has 0 spiro atoms. The number of hydrogen-bond donors (Lipinski definition) is 1. The van der Waals surface area contributed by atoms with Gasteiger partial charge in [-0.25, -0.2) is 0 Å². The van der Waals surface area contributed by atoms with Crippen molar-refractivity contribution in [3.8, 4) is 0 Å². The Morgan fingerprint density at radius 1 is 0.882 bits per heavy atom. The maximum Gasteiger partial charge on any atom is 0.00748 e. The van der Waals surface area contributed by atoms with Gasteiger partial charge in [0.15, 0.2) is 0 Å². The molecule has 0 heterocycles. The second-order valence-corrected chi connectivity index (χ2v) is 4.97. The van der Waals surface area contributed by atoms with Crippen molar-refractivity contribution in [2.75, 3.05) is 0 Å². The minimum absolute atomic E-state index is 0.827. The zero-order valence-electron chi connectivity index (χ0n) is 10.1. The summed E-state index contributed by atoms with van der Waals surface area (Å²) in [5.74, 6) is 0.827. The molecule has 0 aliphatic heterocycles. The third-order valence-electron chi connectivity index (χ3n) is 2.89. The molecule has 0 saturated heterocycles. The minimum Gasteiger partial charge on any atom is -0.143 e. The molecule has 0 atom stereocenters. The maximum atomic E-state index is 4.38. The fraction of sp³-hybridized carbons (Fsp3) is 0.250. The Balaban J connectivity index is 0.000000136. The molecule has 0 aromatic heterocycles. The average Bonchev–Trinajstić information content (AvgIpc) is 3.16. The highest BCUT2D eigenvalue weighted by molar-refractivity contribution is 7.80. The van der Waals surface area contributed by atoms with Gasteiger partial charge in [0.1, 0.15) is 0 Å². The van der Waals surface area contributed by atoms with Crippen molar-refractivity contribution in [1.82, 2.24) is 0 Å². The molecule has 88 valence electrons. The van der Waals surface area contributed by atoms with E-state index in [9.17, 15) is 0 Å². The summed E-state index contributed by atoms with van der Waals surface area (Å²) in [5, 5.41) is 0. The summed E-state index contributed by atoms with van der Waals surface area (Å²) in [6.45, 7) is 2.08. The van der Waals surface area contributed by atoms with Crippen molar-refractivity contribution in [3.63, 3.8) is 0 Å². The normalized spacial score (nSPS) is 13.8. The molecule has 1 aliphatic rings. The largest absolute Gasteiger partial charge is 0.143 e. The van der Waals surface area contributed by atoms with Gasteiger partial charge in [0.25, 0.3) is 0 Å². The van der Waals surface area contributed by atoms with E-state index in [0.29, 0.717) is 0 Å². The van der Waals surface area contributed by atoms with Crippen LogP contribution in [0, 0.1) is 6.92 Å². The molecule has 0 nitrogen and oxygen atoms in total. The highest BCUT2D eigenvalue weighted by Crippen LogP contribution is 2.42. The number of rotatable bonds is 1. The smallest absolute Gasteiger partial charge is 0.00748 e. The molecule has 0 radical (unpaired) electrons. The fourth-order valence-electron chi connectivity index (χ4n) is 1.76. The number of thiol groups is 1. The molecule has 17 heavy (non-hydrogen) atoms. The summed E-state index contributed by atoms with van der Waals surface area (Å²) in [5.41, 5.74) is 2.76. The predicted octanol–water partition coefficient (Wildman–Crippen LogP) is 4.85. The summed E-state index contributed by atoms with van der Waals surface area (Å²) in [6, 6.07) is 18.6. The van der Waals surface area contributed by atoms with Crippen LogP contribution in [0.1, 0.15) is 29.9 Å². The highest BCUT2D eigenvalue weighted by atomic mass is 32.1. The van der Waals surface area contributed by atoms with E-state index in [0.717, 1.165) is 10.8 Å². The van der Waals surface area contributed by atoms with Crippen LogP contribution in [-0.4, -0.2) is 0 Å². The zero-order valence-corrected chi connectivity index (χ0v) is 11.0. The monoisotopic (exact) mass is 242 g/mol. The van der Waals surface area contributed by atoms with Crippen LogP contribution in [0.4, 0.5) is 0 Å². The van der Waals surface area contributed by atoms with Crippen molar-refractivity contribution in [2.45, 2.75) is 30.6 Å². The van der Waals surface area contributed by atoms with E-state index in [2.05, 4.69) is 49.9 Å². The molecule has 0 amide bonds. The van der Waals surface area contributed by atoms with Crippen molar-refractivity contribution < 1.29 is 0 Å². The van der Waals surface area contributed by atoms with Gasteiger partial charge in [-0.15, -0.1) is 12.6 Å². The summed E-state index contributed by atoms with van der Waals surface area (Å²) in [6.07, 6.45) is 2.72. The maximum absolute atomic E-state index is 4.38. The topological polar surface area (TPSA) is 0 Å². The van der Waals surface area contributed by atoms with E-state index in [1.165, 1.54) is 24.0 Å². The predicted molar refractivity (Wildman–Crippen MR) is 76.8 cm³/mol. The van der Waals surface area contributed by atoms with Crippen LogP contribution in [0.15, 0.2) is 59.5 Å². The molecule has 0 unspecified atom stereocenters. The van der Waals surface area contributed by atoms with Gasteiger partial charge in [0.05, 0.1) is 0 Å². The van der Waals surface area contributed by atoms with Crippen molar-refractivity contribution in [3.05, 3.63) is 65.7 Å². The fourth-order valence-corrected chi connectivity index (χ4v) is 2.10. The van der Waals surface area contributed by atoms with Gasteiger partial charge >= 0.3 is 0 Å². The van der Waals surface area contributed by atoms with E-state index in [-0.39, 0.29) is 0 Å². The molecule has 1 saturated carbocycles. The van der Waals surface area contributed by atoms with Crippen molar-refractivity contribution in [1.29, 1.82) is 0 Å². The Morgan fingerprint density at radius 3 is 1.94 bits per heavy atom. The van der Waals surface area contributed by atoms with E-state index < -0.39 is 0 Å². The number of hydrogen-bond acceptors (Lipinski definition) is 1. The third-order valence-corrected chi connectivity index (χ3v) is 3.30. The quantitative estimate of drug-likeness (QED) is 0.679. The van der Waals surface area contributed by atoms with E-state index >= 15 is 0 Å². The number of benzene rings is 2. The molecular formula is C16H18S. The lowest BCUT2D eigenvalue weighted by molar-refractivity contribution is 1.07. The standard InChI is InChI=1S/C9H10S.C7H8/c10-9-4-2-1-3-8(9)7-5-6-7;1-7-5-3-2-4-6-7/h1-4,7,10H,5-6H2;2-6H,1H3. The molecular weight excluding hydrogens is 224 g/mol. The van der Waals surface area contributed by atoms with Crippen LogP contribution in [-0.2, 0) is 0 Å². The van der Waals surface area contributed by atoms with Crippen molar-refractivity contribution >= 4 is 12.6 Å². The average molecular weight is 242 g/mol. The first-order chi connectivity index (χ1) is 8.27. The first-order valence-electron chi connectivity index (χ1n) is 6.07. The Morgan fingerprint density at radius 2 is 1.47 bits per heavy atom. The Hall–Kier alpha value is -1.21. The van der Waals surface area contributed by atoms with Crippen LogP contribution < -0.4 is 0 Å². The third kappa shape index (κ3) is 3.94. The SMILES string of the molecule is Cc1ccccc1.Sc1ccccc1C1CC1. The number of aryl methyl sites for hydroxylation is 1. The molecule has 0 N–H and O–H groups in total. The van der Waals surface area contributed by atoms with E-state index in [1.807, 2.05) is 24.3 Å². The molecule has 2 aromatic rings. The van der Waals surface area contributed by atoms with Crippen LogP contribution in [0.2, 0.25) is 0 Å². The highest BCUT2D eigenvalue weighted by Gasteiger charge is 2.24. The molecule has 2 aromatic carbocycles.